The molecule has 5 nitrogen and oxygen atoms in total. The highest BCUT2D eigenvalue weighted by Crippen LogP contribution is 2.64. The maximum Gasteiger partial charge on any atom is 0.314 e. The SMILES string of the molecule is CC(C)(C)c1ccc(OC(=O)[C@H]2CC[C@H]3[C@@H]4C(=O)C[C@H]5NC(=O)CC[C@]5(C)[C@H]4CC[C@]23C)cc1. The predicted octanol–water partition coefficient (Wildman–Crippen LogP) is 5.21. The van der Waals surface area contributed by atoms with Crippen molar-refractivity contribution in [3.05, 3.63) is 29.8 Å². The Bertz CT molecular complexity index is 1010. The van der Waals surface area contributed by atoms with Crippen molar-refractivity contribution in [2.45, 2.75) is 91.0 Å². The lowest BCUT2D eigenvalue weighted by Crippen LogP contribution is -2.63. The Kier molecular flexibility index (Phi) is 5.49. The fourth-order valence-corrected chi connectivity index (χ4v) is 7.98. The molecule has 34 heavy (non-hydrogen) atoms. The average Bonchev–Trinajstić information content (AvgIpc) is 3.12. The van der Waals surface area contributed by atoms with Crippen LogP contribution in [0.5, 0.6) is 5.75 Å². The molecule has 0 spiro atoms. The minimum Gasteiger partial charge on any atom is -0.426 e. The second-order valence-electron chi connectivity index (χ2n) is 12.9. The van der Waals surface area contributed by atoms with Gasteiger partial charge >= 0.3 is 5.97 Å². The maximum atomic E-state index is 13.4. The topological polar surface area (TPSA) is 72.5 Å². The molecule has 1 aliphatic heterocycles. The Labute approximate surface area is 203 Å². The van der Waals surface area contributed by atoms with Gasteiger partial charge in [0.2, 0.25) is 5.91 Å². The van der Waals surface area contributed by atoms with Crippen molar-refractivity contribution < 1.29 is 19.1 Å². The molecule has 1 aromatic carbocycles. The minimum atomic E-state index is -0.208. The molecule has 0 radical (unpaired) electrons. The molecular weight excluding hydrogens is 426 g/mol. The van der Waals surface area contributed by atoms with Gasteiger partial charge in [-0.25, -0.2) is 0 Å². The number of rotatable bonds is 2. The zero-order valence-corrected chi connectivity index (χ0v) is 21.3. The van der Waals surface area contributed by atoms with Crippen LogP contribution in [0.4, 0.5) is 0 Å². The van der Waals surface area contributed by atoms with Crippen molar-refractivity contribution >= 4 is 17.7 Å². The maximum absolute atomic E-state index is 13.4. The van der Waals surface area contributed by atoms with Gasteiger partial charge in [0.25, 0.3) is 0 Å². The number of ether oxygens (including phenoxy) is 1. The highest BCUT2D eigenvalue weighted by Gasteiger charge is 2.64. The van der Waals surface area contributed by atoms with Gasteiger partial charge in [-0.15, -0.1) is 0 Å². The second-order valence-corrected chi connectivity index (χ2v) is 12.9. The number of Topliss-reactive ketones (excluding diaryl/α,β-unsaturated/α-hetero) is 1. The van der Waals surface area contributed by atoms with E-state index in [9.17, 15) is 14.4 Å². The van der Waals surface area contributed by atoms with Gasteiger partial charge in [0, 0.05) is 24.8 Å². The lowest BCUT2D eigenvalue weighted by molar-refractivity contribution is -0.159. The fraction of sp³-hybridized carbons (Fsp3) is 0.690. The first-order valence-electron chi connectivity index (χ1n) is 13.1. The van der Waals surface area contributed by atoms with Gasteiger partial charge in [-0.1, -0.05) is 46.8 Å². The summed E-state index contributed by atoms with van der Waals surface area (Å²) in [5.74, 6) is 1.15. The molecule has 184 valence electrons. The molecule has 4 fully saturated rings. The fourth-order valence-electron chi connectivity index (χ4n) is 7.98. The predicted molar refractivity (Wildman–Crippen MR) is 130 cm³/mol. The van der Waals surface area contributed by atoms with E-state index in [1.807, 2.05) is 24.3 Å². The molecule has 4 aliphatic rings. The summed E-state index contributed by atoms with van der Waals surface area (Å²) in [6.07, 6.45) is 5.41. The average molecular weight is 466 g/mol. The van der Waals surface area contributed by atoms with Gasteiger partial charge in [0.15, 0.2) is 0 Å². The number of carbonyl (C=O) groups is 3. The lowest BCUT2D eigenvalue weighted by Gasteiger charge is -2.59. The number of carbonyl (C=O) groups excluding carboxylic acids is 3. The molecule has 1 saturated heterocycles. The van der Waals surface area contributed by atoms with Gasteiger partial charge in [-0.2, -0.15) is 0 Å². The van der Waals surface area contributed by atoms with Crippen molar-refractivity contribution in [2.24, 2.45) is 34.5 Å². The monoisotopic (exact) mass is 465 g/mol. The third-order valence-corrected chi connectivity index (χ3v) is 10.1. The number of fused-ring (bicyclic) bond motifs is 5. The molecular formula is C29H39NO4. The molecule has 0 bridgehead atoms. The van der Waals surface area contributed by atoms with E-state index in [0.29, 0.717) is 18.6 Å². The Morgan fingerprint density at radius 3 is 2.32 bits per heavy atom. The Morgan fingerprint density at radius 2 is 1.65 bits per heavy atom. The summed E-state index contributed by atoms with van der Waals surface area (Å²) in [5.41, 5.74) is 1.03. The number of nitrogens with one attached hydrogen (secondary N) is 1. The van der Waals surface area contributed by atoms with Crippen molar-refractivity contribution in [1.82, 2.24) is 5.32 Å². The number of hydrogen-bond donors (Lipinski definition) is 1. The van der Waals surface area contributed by atoms with E-state index in [1.54, 1.807) is 0 Å². The van der Waals surface area contributed by atoms with E-state index in [0.717, 1.165) is 32.1 Å². The molecule has 1 N–H and O–H groups in total. The number of amides is 1. The van der Waals surface area contributed by atoms with Crippen LogP contribution in [0.3, 0.4) is 0 Å². The van der Waals surface area contributed by atoms with Crippen molar-refractivity contribution in [1.29, 1.82) is 0 Å². The van der Waals surface area contributed by atoms with Crippen molar-refractivity contribution in [2.75, 3.05) is 0 Å². The standard InChI is InChI=1S/C29H39NO4/c1-27(2,3)17-6-8-18(9-7-17)34-26(33)21-11-10-19-25-20(12-14-28(19,21)4)29(5)15-13-24(32)30-23(29)16-22(25)31/h6-9,19-21,23,25H,10-16H2,1-5H3,(H,30,32)/t19-,20-,21+,23+,25-,28-,29+/m0/s1. The molecule has 1 aromatic rings. The third kappa shape index (κ3) is 3.61. The molecule has 7 atom stereocenters. The molecule has 1 heterocycles. The van der Waals surface area contributed by atoms with E-state index in [4.69, 9.17) is 4.74 Å². The lowest BCUT2D eigenvalue weighted by atomic mass is 9.46. The number of hydrogen-bond acceptors (Lipinski definition) is 4. The third-order valence-electron chi connectivity index (χ3n) is 10.1. The Balaban J connectivity index is 1.34. The molecule has 0 aromatic heterocycles. The normalized spacial score (nSPS) is 39.5. The molecule has 0 unspecified atom stereocenters. The summed E-state index contributed by atoms with van der Waals surface area (Å²) < 4.78 is 5.89. The Morgan fingerprint density at radius 1 is 0.971 bits per heavy atom. The van der Waals surface area contributed by atoms with Crippen LogP contribution in [0.2, 0.25) is 0 Å². The van der Waals surface area contributed by atoms with E-state index >= 15 is 0 Å². The summed E-state index contributed by atoms with van der Waals surface area (Å²) in [7, 11) is 0. The van der Waals surface area contributed by atoms with Crippen LogP contribution < -0.4 is 10.1 Å². The van der Waals surface area contributed by atoms with Crippen LogP contribution in [-0.4, -0.2) is 23.7 Å². The summed E-state index contributed by atoms with van der Waals surface area (Å²) in [6, 6.07) is 7.83. The summed E-state index contributed by atoms with van der Waals surface area (Å²) in [4.78, 5) is 38.8. The van der Waals surface area contributed by atoms with Crippen LogP contribution in [0, 0.1) is 34.5 Å². The first-order valence-corrected chi connectivity index (χ1v) is 13.1. The van der Waals surface area contributed by atoms with Crippen LogP contribution in [-0.2, 0) is 19.8 Å². The van der Waals surface area contributed by atoms with Crippen LogP contribution in [0.15, 0.2) is 24.3 Å². The van der Waals surface area contributed by atoms with Gasteiger partial charge in [-0.05, 0) is 77.9 Å². The number of esters is 1. The van der Waals surface area contributed by atoms with Crippen molar-refractivity contribution in [3.63, 3.8) is 0 Å². The Hall–Kier alpha value is -2.17. The highest BCUT2D eigenvalue weighted by molar-refractivity contribution is 5.86. The molecule has 1 amide bonds. The number of piperidine rings is 1. The largest absolute Gasteiger partial charge is 0.426 e. The second kappa shape index (κ2) is 7.93. The van der Waals surface area contributed by atoms with Crippen LogP contribution >= 0.6 is 0 Å². The van der Waals surface area contributed by atoms with Crippen LogP contribution in [0.25, 0.3) is 0 Å². The summed E-state index contributed by atoms with van der Waals surface area (Å²) >= 11 is 0. The van der Waals surface area contributed by atoms with E-state index < -0.39 is 0 Å². The van der Waals surface area contributed by atoms with E-state index in [2.05, 4.69) is 39.9 Å². The van der Waals surface area contributed by atoms with E-state index in [1.165, 1.54) is 5.56 Å². The van der Waals surface area contributed by atoms with E-state index in [-0.39, 0.29) is 63.6 Å². The quantitative estimate of drug-likeness (QED) is 0.481. The van der Waals surface area contributed by atoms with Crippen molar-refractivity contribution in [3.8, 4) is 5.75 Å². The summed E-state index contributed by atoms with van der Waals surface area (Å²) in [5, 5.41) is 3.13. The first-order chi connectivity index (χ1) is 15.9. The zero-order chi connectivity index (χ0) is 24.5. The molecule has 5 heteroatoms. The molecule has 3 aliphatic carbocycles. The van der Waals surface area contributed by atoms with Gasteiger partial charge in [-0.3, -0.25) is 14.4 Å². The summed E-state index contributed by atoms with van der Waals surface area (Å²) in [6.45, 7) is 11.0. The molecule has 5 rings (SSSR count). The minimum absolute atomic E-state index is 0.00105. The van der Waals surface area contributed by atoms with Gasteiger partial charge in [0.05, 0.1) is 5.92 Å². The van der Waals surface area contributed by atoms with Crippen LogP contribution in [0.1, 0.15) is 85.1 Å². The number of benzene rings is 1. The smallest absolute Gasteiger partial charge is 0.314 e. The number of ketones is 1. The van der Waals surface area contributed by atoms with Gasteiger partial charge in [0.1, 0.15) is 11.5 Å². The highest BCUT2D eigenvalue weighted by atomic mass is 16.5. The molecule has 3 saturated carbocycles. The van der Waals surface area contributed by atoms with Gasteiger partial charge < -0.3 is 10.1 Å². The zero-order valence-electron chi connectivity index (χ0n) is 21.3. The first kappa shape index (κ1) is 23.6.